The average Bonchev–Trinajstić information content (AvgIpc) is 2.43. The maximum Gasteiger partial charge on any atom is 0.225 e. The Morgan fingerprint density at radius 2 is 1.85 bits per heavy atom. The Labute approximate surface area is 123 Å². The van der Waals surface area contributed by atoms with Crippen LogP contribution in [-0.2, 0) is 4.79 Å². The minimum Gasteiger partial charge on any atom is -0.326 e. The Hall–Kier alpha value is -1.35. The van der Waals surface area contributed by atoms with Crippen molar-refractivity contribution >= 4 is 11.6 Å². The second-order valence-electron chi connectivity index (χ2n) is 5.73. The molecule has 0 aliphatic heterocycles. The normalized spacial score (nSPS) is 11.1. The van der Waals surface area contributed by atoms with Crippen LogP contribution in [-0.4, -0.2) is 30.9 Å². The number of amides is 1. The van der Waals surface area contributed by atoms with Gasteiger partial charge in [-0.1, -0.05) is 39.3 Å². The van der Waals surface area contributed by atoms with E-state index in [1.165, 1.54) is 18.4 Å². The number of hydrogen-bond donors (Lipinski definition) is 1. The number of hydrogen-bond acceptors (Lipinski definition) is 2. The van der Waals surface area contributed by atoms with E-state index in [1.54, 1.807) is 0 Å². The van der Waals surface area contributed by atoms with Crippen molar-refractivity contribution in [2.24, 2.45) is 0 Å². The second-order valence-corrected chi connectivity index (χ2v) is 5.73. The van der Waals surface area contributed by atoms with Crippen LogP contribution in [0.3, 0.4) is 0 Å². The smallest absolute Gasteiger partial charge is 0.225 e. The molecule has 1 aromatic carbocycles. The summed E-state index contributed by atoms with van der Waals surface area (Å²) in [6, 6.07) is 8.11. The molecule has 1 aromatic rings. The van der Waals surface area contributed by atoms with Crippen molar-refractivity contribution in [1.29, 1.82) is 0 Å². The van der Waals surface area contributed by atoms with Gasteiger partial charge in [-0.3, -0.25) is 4.79 Å². The molecule has 3 nitrogen and oxygen atoms in total. The van der Waals surface area contributed by atoms with E-state index in [1.807, 2.05) is 12.1 Å². The fourth-order valence-corrected chi connectivity index (χ4v) is 2.01. The van der Waals surface area contributed by atoms with Crippen molar-refractivity contribution in [1.82, 2.24) is 4.90 Å². The third-order valence-corrected chi connectivity index (χ3v) is 3.48. The van der Waals surface area contributed by atoms with Crippen molar-refractivity contribution in [3.05, 3.63) is 29.8 Å². The Morgan fingerprint density at radius 3 is 2.40 bits per heavy atom. The van der Waals surface area contributed by atoms with Gasteiger partial charge in [0.15, 0.2) is 0 Å². The molecule has 3 heteroatoms. The fourth-order valence-electron chi connectivity index (χ4n) is 2.01. The molecule has 112 valence electrons. The van der Waals surface area contributed by atoms with E-state index in [9.17, 15) is 4.79 Å². The van der Waals surface area contributed by atoms with Gasteiger partial charge in [0.25, 0.3) is 0 Å². The first-order chi connectivity index (χ1) is 9.52. The first-order valence-corrected chi connectivity index (χ1v) is 7.61. The van der Waals surface area contributed by atoms with Gasteiger partial charge >= 0.3 is 0 Å². The van der Waals surface area contributed by atoms with E-state index < -0.39 is 0 Å². The monoisotopic (exact) mass is 276 g/mol. The molecule has 0 saturated carbocycles. The van der Waals surface area contributed by atoms with Crippen molar-refractivity contribution in [2.45, 2.75) is 46.0 Å². The molecule has 1 rings (SSSR count). The lowest BCUT2D eigenvalue weighted by Gasteiger charge is -2.15. The van der Waals surface area contributed by atoms with Crippen LogP contribution in [0, 0.1) is 0 Å². The van der Waals surface area contributed by atoms with Gasteiger partial charge in [-0.2, -0.15) is 0 Å². The zero-order valence-corrected chi connectivity index (χ0v) is 13.3. The molecule has 0 saturated heterocycles. The van der Waals surface area contributed by atoms with Crippen LogP contribution >= 0.6 is 0 Å². The zero-order valence-electron chi connectivity index (χ0n) is 13.3. The summed E-state index contributed by atoms with van der Waals surface area (Å²) in [6.07, 6.45) is 2.93. The number of rotatable bonds is 8. The number of carbonyl (C=O) groups excluding carboxylic acids is 1. The van der Waals surface area contributed by atoms with Crippen molar-refractivity contribution in [3.63, 3.8) is 0 Å². The number of unbranched alkanes of at least 4 members (excludes halogenated alkanes) is 1. The molecule has 0 atom stereocenters. The molecule has 20 heavy (non-hydrogen) atoms. The van der Waals surface area contributed by atoms with Crippen molar-refractivity contribution < 1.29 is 4.79 Å². The van der Waals surface area contributed by atoms with Gasteiger partial charge in [0.1, 0.15) is 0 Å². The first kappa shape index (κ1) is 16.7. The lowest BCUT2D eigenvalue weighted by molar-refractivity contribution is -0.116. The average molecular weight is 276 g/mol. The Bertz CT molecular complexity index is 398. The minimum atomic E-state index is 0.0886. The Morgan fingerprint density at radius 1 is 1.20 bits per heavy atom. The van der Waals surface area contributed by atoms with Gasteiger partial charge in [-0.15, -0.1) is 0 Å². The molecule has 0 fully saturated rings. The quantitative estimate of drug-likeness (QED) is 0.781. The second kappa shape index (κ2) is 8.75. The van der Waals surface area contributed by atoms with Gasteiger partial charge in [-0.25, -0.2) is 0 Å². The molecule has 1 amide bonds. The molecular weight excluding hydrogens is 248 g/mol. The molecular formula is C17H28N2O. The number of nitrogens with zero attached hydrogens (tertiary/aromatic N) is 1. The van der Waals surface area contributed by atoms with Gasteiger partial charge in [0.05, 0.1) is 0 Å². The summed E-state index contributed by atoms with van der Waals surface area (Å²) < 4.78 is 0. The predicted molar refractivity (Wildman–Crippen MR) is 86.2 cm³/mol. The summed E-state index contributed by atoms with van der Waals surface area (Å²) in [7, 11) is 2.07. The summed E-state index contributed by atoms with van der Waals surface area (Å²) in [5.74, 6) is 0.609. The summed E-state index contributed by atoms with van der Waals surface area (Å²) in [5, 5.41) is 2.95. The molecule has 0 aliphatic carbocycles. The molecule has 0 aromatic heterocycles. The van der Waals surface area contributed by atoms with E-state index in [-0.39, 0.29) is 5.91 Å². The van der Waals surface area contributed by atoms with E-state index in [4.69, 9.17) is 0 Å². The van der Waals surface area contributed by atoms with Crippen molar-refractivity contribution in [2.75, 3.05) is 25.5 Å². The van der Waals surface area contributed by atoms with Gasteiger partial charge in [0, 0.05) is 18.7 Å². The summed E-state index contributed by atoms with van der Waals surface area (Å²) in [5.41, 5.74) is 2.18. The minimum absolute atomic E-state index is 0.0886. The highest BCUT2D eigenvalue weighted by Gasteiger charge is 2.05. The zero-order chi connectivity index (χ0) is 15.0. The fraction of sp³-hybridized carbons (Fsp3) is 0.588. The number of nitrogens with one attached hydrogen (secondary N) is 1. The summed E-state index contributed by atoms with van der Waals surface area (Å²) >= 11 is 0. The van der Waals surface area contributed by atoms with Crippen LogP contribution in [0.15, 0.2) is 24.3 Å². The van der Waals surface area contributed by atoms with Crippen LogP contribution in [0.1, 0.15) is 51.5 Å². The van der Waals surface area contributed by atoms with Crippen LogP contribution in [0.4, 0.5) is 5.69 Å². The SMILES string of the molecule is CCCCN(C)CCC(=O)Nc1ccc(C(C)C)cc1. The highest BCUT2D eigenvalue weighted by Crippen LogP contribution is 2.17. The lowest BCUT2D eigenvalue weighted by atomic mass is 10.0. The molecule has 1 N–H and O–H groups in total. The highest BCUT2D eigenvalue weighted by atomic mass is 16.1. The summed E-state index contributed by atoms with van der Waals surface area (Å²) in [6.45, 7) is 8.39. The van der Waals surface area contributed by atoms with Crippen LogP contribution in [0.2, 0.25) is 0 Å². The Balaban J connectivity index is 2.35. The predicted octanol–water partition coefficient (Wildman–Crippen LogP) is 3.87. The van der Waals surface area contributed by atoms with Gasteiger partial charge in [-0.05, 0) is 43.6 Å². The van der Waals surface area contributed by atoms with E-state index in [0.29, 0.717) is 12.3 Å². The van der Waals surface area contributed by atoms with Crippen LogP contribution < -0.4 is 5.32 Å². The number of anilines is 1. The van der Waals surface area contributed by atoms with E-state index in [0.717, 1.165) is 18.8 Å². The highest BCUT2D eigenvalue weighted by molar-refractivity contribution is 5.90. The molecule has 0 heterocycles. The maximum atomic E-state index is 11.9. The number of carbonyl (C=O) groups is 1. The topological polar surface area (TPSA) is 32.3 Å². The van der Waals surface area contributed by atoms with E-state index >= 15 is 0 Å². The van der Waals surface area contributed by atoms with Crippen LogP contribution in [0.5, 0.6) is 0 Å². The van der Waals surface area contributed by atoms with Gasteiger partial charge < -0.3 is 10.2 Å². The van der Waals surface area contributed by atoms with Gasteiger partial charge in [0.2, 0.25) is 5.91 Å². The van der Waals surface area contributed by atoms with E-state index in [2.05, 4.69) is 50.2 Å². The van der Waals surface area contributed by atoms with Crippen LogP contribution in [0.25, 0.3) is 0 Å². The molecule has 0 bridgehead atoms. The van der Waals surface area contributed by atoms with Crippen molar-refractivity contribution in [3.8, 4) is 0 Å². The Kier molecular flexibility index (Phi) is 7.31. The molecule has 0 radical (unpaired) electrons. The summed E-state index contributed by atoms with van der Waals surface area (Å²) in [4.78, 5) is 14.1. The maximum absolute atomic E-state index is 11.9. The number of benzene rings is 1. The first-order valence-electron chi connectivity index (χ1n) is 7.61. The molecule has 0 aliphatic rings. The molecule has 0 spiro atoms. The lowest BCUT2D eigenvalue weighted by Crippen LogP contribution is -2.25. The molecule has 0 unspecified atom stereocenters. The third kappa shape index (κ3) is 6.20. The standard InChI is InChI=1S/C17H28N2O/c1-5-6-12-19(4)13-11-17(20)18-16-9-7-15(8-10-16)14(2)3/h7-10,14H,5-6,11-13H2,1-4H3,(H,18,20). The largest absolute Gasteiger partial charge is 0.326 e. The third-order valence-electron chi connectivity index (χ3n) is 3.48.